The molecule has 2 aliphatic rings. The number of hydrogen-bond donors (Lipinski definition) is 0. The number of likely N-dealkylation sites (tertiary alicyclic amines) is 1. The molecule has 0 aromatic carbocycles. The summed E-state index contributed by atoms with van der Waals surface area (Å²) in [6.45, 7) is 2.02. The van der Waals surface area contributed by atoms with Crippen molar-refractivity contribution in [1.82, 2.24) is 4.90 Å². The minimum absolute atomic E-state index is 0.130. The molecule has 0 unspecified atom stereocenters. The molecule has 100 valence electrons. The van der Waals surface area contributed by atoms with Crippen LogP contribution in [0.4, 0.5) is 0 Å². The van der Waals surface area contributed by atoms with Crippen LogP contribution in [0.2, 0.25) is 4.34 Å². The minimum atomic E-state index is -0.130. The number of amides is 1. The third-order valence-electron chi connectivity index (χ3n) is 3.10. The smallest absolute Gasteiger partial charge is 0.286 e. The number of aliphatic imine (C=N–C) groups is 1. The van der Waals surface area contributed by atoms with Crippen LogP contribution in [0.15, 0.2) is 22.0 Å². The maximum atomic E-state index is 11.9. The van der Waals surface area contributed by atoms with E-state index >= 15 is 0 Å². The fraction of sp³-hybridized carbons (Fsp3) is 0.385. The Morgan fingerprint density at radius 3 is 2.74 bits per heavy atom. The normalized spacial score (nSPS) is 22.2. The number of carbonyl (C=O) groups is 1. The average Bonchev–Trinajstić information content (AvgIpc) is 2.98. The van der Waals surface area contributed by atoms with Gasteiger partial charge in [-0.05, 0) is 49.2 Å². The molecule has 0 atom stereocenters. The second-order valence-corrected chi connectivity index (χ2v) is 7.26. The Hall–Kier alpha value is -0.780. The van der Waals surface area contributed by atoms with Crippen LogP contribution in [0.5, 0.6) is 0 Å². The van der Waals surface area contributed by atoms with Gasteiger partial charge in [0, 0.05) is 18.0 Å². The van der Waals surface area contributed by atoms with Crippen LogP contribution in [-0.4, -0.2) is 29.1 Å². The first-order valence-corrected chi connectivity index (χ1v) is 8.26. The van der Waals surface area contributed by atoms with Crippen molar-refractivity contribution in [2.24, 2.45) is 4.99 Å². The Morgan fingerprint density at radius 1 is 1.26 bits per heavy atom. The number of rotatable bonds is 1. The highest BCUT2D eigenvalue weighted by atomic mass is 35.5. The predicted molar refractivity (Wildman–Crippen MR) is 82.8 cm³/mol. The van der Waals surface area contributed by atoms with Crippen molar-refractivity contribution in [3.8, 4) is 0 Å². The van der Waals surface area contributed by atoms with Crippen molar-refractivity contribution in [3.63, 3.8) is 0 Å². The second kappa shape index (κ2) is 5.69. The molecule has 6 heteroatoms. The minimum Gasteiger partial charge on any atom is -0.351 e. The maximum absolute atomic E-state index is 11.9. The topological polar surface area (TPSA) is 32.7 Å². The van der Waals surface area contributed by atoms with E-state index in [0.29, 0.717) is 4.91 Å². The van der Waals surface area contributed by atoms with Crippen molar-refractivity contribution in [2.45, 2.75) is 19.3 Å². The number of piperidine rings is 1. The average molecular weight is 313 g/mol. The summed E-state index contributed by atoms with van der Waals surface area (Å²) in [5.74, 6) is -0.130. The quantitative estimate of drug-likeness (QED) is 0.738. The van der Waals surface area contributed by atoms with Gasteiger partial charge in [-0.3, -0.25) is 4.79 Å². The summed E-state index contributed by atoms with van der Waals surface area (Å²) in [5, 5.41) is 0.860. The van der Waals surface area contributed by atoms with E-state index in [1.54, 1.807) is 0 Å². The van der Waals surface area contributed by atoms with Gasteiger partial charge in [0.25, 0.3) is 5.91 Å². The summed E-state index contributed by atoms with van der Waals surface area (Å²) < 4.78 is 0.736. The first-order chi connectivity index (χ1) is 9.22. The molecular formula is C13H13ClN2OS2. The summed E-state index contributed by atoms with van der Waals surface area (Å²) in [5.41, 5.74) is 0. The standard InChI is InChI=1S/C13H13ClN2OS2/c14-11-5-4-9(18-11)8-10-12(17)15-13(19-10)16-6-2-1-3-7-16/h4-5,8H,1-3,6-7H2/b10-8+. The highest BCUT2D eigenvalue weighted by molar-refractivity contribution is 8.18. The van der Waals surface area contributed by atoms with E-state index in [1.807, 2.05) is 18.2 Å². The van der Waals surface area contributed by atoms with Gasteiger partial charge >= 0.3 is 0 Å². The number of thiophene rings is 1. The van der Waals surface area contributed by atoms with E-state index in [9.17, 15) is 4.79 Å². The molecule has 0 saturated carbocycles. The first-order valence-electron chi connectivity index (χ1n) is 6.25. The summed E-state index contributed by atoms with van der Waals surface area (Å²) >= 11 is 8.85. The molecule has 2 aliphatic heterocycles. The van der Waals surface area contributed by atoms with E-state index in [4.69, 9.17) is 11.6 Å². The molecule has 0 radical (unpaired) electrons. The summed E-state index contributed by atoms with van der Waals surface area (Å²) in [6, 6.07) is 3.77. The zero-order chi connectivity index (χ0) is 13.2. The molecule has 1 saturated heterocycles. The molecule has 1 amide bonds. The van der Waals surface area contributed by atoms with Gasteiger partial charge in [0.05, 0.1) is 9.24 Å². The van der Waals surface area contributed by atoms with E-state index < -0.39 is 0 Å². The van der Waals surface area contributed by atoms with Crippen LogP contribution in [0.25, 0.3) is 6.08 Å². The highest BCUT2D eigenvalue weighted by Crippen LogP contribution is 2.33. The van der Waals surface area contributed by atoms with E-state index in [0.717, 1.165) is 27.5 Å². The lowest BCUT2D eigenvalue weighted by Gasteiger charge is -2.27. The molecule has 3 rings (SSSR count). The number of halogens is 1. The Kier molecular flexibility index (Phi) is 3.96. The third-order valence-corrected chi connectivity index (χ3v) is 5.33. The van der Waals surface area contributed by atoms with Gasteiger partial charge in [0.2, 0.25) is 0 Å². The van der Waals surface area contributed by atoms with Gasteiger partial charge in [-0.1, -0.05) is 11.6 Å². The zero-order valence-electron chi connectivity index (χ0n) is 10.3. The van der Waals surface area contributed by atoms with Crippen molar-refractivity contribution in [1.29, 1.82) is 0 Å². The number of carbonyl (C=O) groups excluding carboxylic acids is 1. The molecule has 1 aromatic rings. The molecule has 3 heterocycles. The van der Waals surface area contributed by atoms with Gasteiger partial charge in [0.15, 0.2) is 5.17 Å². The number of hydrogen-bond acceptors (Lipinski definition) is 4. The van der Waals surface area contributed by atoms with Crippen molar-refractivity contribution < 1.29 is 4.79 Å². The lowest BCUT2D eigenvalue weighted by molar-refractivity contribution is -0.113. The van der Waals surface area contributed by atoms with Crippen LogP contribution >= 0.6 is 34.7 Å². The fourth-order valence-electron chi connectivity index (χ4n) is 2.15. The van der Waals surface area contributed by atoms with Gasteiger partial charge in [-0.25, -0.2) is 0 Å². The van der Waals surface area contributed by atoms with Crippen LogP contribution in [0.3, 0.4) is 0 Å². The molecule has 0 spiro atoms. The number of amidine groups is 1. The van der Waals surface area contributed by atoms with Crippen molar-refractivity contribution in [2.75, 3.05) is 13.1 Å². The molecule has 3 nitrogen and oxygen atoms in total. The van der Waals surface area contributed by atoms with Gasteiger partial charge in [-0.15, -0.1) is 11.3 Å². The molecule has 0 N–H and O–H groups in total. The SMILES string of the molecule is O=C1N=C(N2CCCCC2)S/C1=C/c1ccc(Cl)s1. The van der Waals surface area contributed by atoms with E-state index in [2.05, 4.69) is 9.89 Å². The number of thioether (sulfide) groups is 1. The van der Waals surface area contributed by atoms with Gasteiger partial charge in [-0.2, -0.15) is 4.99 Å². The Bertz CT molecular complexity index is 559. The van der Waals surface area contributed by atoms with Crippen LogP contribution < -0.4 is 0 Å². The summed E-state index contributed by atoms with van der Waals surface area (Å²) in [7, 11) is 0. The molecular weight excluding hydrogens is 300 g/mol. The molecule has 0 bridgehead atoms. The lowest BCUT2D eigenvalue weighted by Crippen LogP contribution is -2.33. The Balaban J connectivity index is 1.74. The fourth-order valence-corrected chi connectivity index (χ4v) is 4.19. The number of nitrogens with zero attached hydrogens (tertiary/aromatic N) is 2. The van der Waals surface area contributed by atoms with Crippen molar-refractivity contribution in [3.05, 3.63) is 26.3 Å². The van der Waals surface area contributed by atoms with Crippen molar-refractivity contribution >= 4 is 51.9 Å². The Labute approximate surface area is 125 Å². The summed E-state index contributed by atoms with van der Waals surface area (Å²) in [4.78, 5) is 20.0. The van der Waals surface area contributed by atoms with Crippen LogP contribution in [-0.2, 0) is 4.79 Å². The lowest BCUT2D eigenvalue weighted by atomic mass is 10.1. The molecule has 0 aliphatic carbocycles. The highest BCUT2D eigenvalue weighted by Gasteiger charge is 2.26. The monoisotopic (exact) mass is 312 g/mol. The zero-order valence-corrected chi connectivity index (χ0v) is 12.7. The van der Waals surface area contributed by atoms with Gasteiger partial charge in [0.1, 0.15) is 0 Å². The first kappa shape index (κ1) is 13.2. The Morgan fingerprint density at radius 2 is 2.05 bits per heavy atom. The van der Waals surface area contributed by atoms with E-state index in [1.165, 1.54) is 42.4 Å². The van der Waals surface area contributed by atoms with E-state index in [-0.39, 0.29) is 5.91 Å². The molecule has 19 heavy (non-hydrogen) atoms. The predicted octanol–water partition coefficient (Wildman–Crippen LogP) is 3.86. The summed E-state index contributed by atoms with van der Waals surface area (Å²) in [6.07, 6.45) is 5.53. The largest absolute Gasteiger partial charge is 0.351 e. The molecule has 1 aromatic heterocycles. The third kappa shape index (κ3) is 3.04. The maximum Gasteiger partial charge on any atom is 0.286 e. The van der Waals surface area contributed by atoms with Gasteiger partial charge < -0.3 is 4.90 Å². The molecule has 1 fully saturated rings. The van der Waals surface area contributed by atoms with Crippen LogP contribution in [0.1, 0.15) is 24.1 Å². The van der Waals surface area contributed by atoms with Crippen LogP contribution in [0, 0.1) is 0 Å². The second-order valence-electron chi connectivity index (χ2n) is 4.50.